The smallest absolute Gasteiger partial charge is 0.354 e. The summed E-state index contributed by atoms with van der Waals surface area (Å²) in [5, 5.41) is 13.0. The van der Waals surface area contributed by atoms with Crippen LogP contribution in [-0.2, 0) is 11.3 Å². The molecule has 114 valence electrons. The minimum atomic E-state index is -1.01. The topological polar surface area (TPSA) is 78.7 Å². The molecule has 21 heavy (non-hydrogen) atoms. The van der Waals surface area contributed by atoms with E-state index < -0.39 is 5.97 Å². The Morgan fingerprint density at radius 3 is 3.00 bits per heavy atom. The third-order valence-electron chi connectivity index (χ3n) is 4.41. The van der Waals surface area contributed by atoms with Crippen molar-refractivity contribution < 1.29 is 14.7 Å². The van der Waals surface area contributed by atoms with Gasteiger partial charge < -0.3 is 10.0 Å². The molecule has 2 saturated heterocycles. The average Bonchev–Trinajstić information content (AvgIpc) is 3.12. The van der Waals surface area contributed by atoms with Crippen LogP contribution in [-0.4, -0.2) is 68.8 Å². The zero-order chi connectivity index (χ0) is 14.8. The largest absolute Gasteiger partial charge is 0.477 e. The monoisotopic (exact) mass is 292 g/mol. The van der Waals surface area contributed by atoms with Gasteiger partial charge in [0.1, 0.15) is 5.69 Å². The molecule has 7 heteroatoms. The number of carbonyl (C=O) groups is 2. The van der Waals surface area contributed by atoms with Gasteiger partial charge in [-0.25, -0.2) is 4.79 Å². The number of fused-ring (bicyclic) bond motifs is 1. The van der Waals surface area contributed by atoms with Gasteiger partial charge in [-0.15, -0.1) is 0 Å². The maximum Gasteiger partial charge on any atom is 0.354 e. The molecular formula is C14H20N4O3. The van der Waals surface area contributed by atoms with Crippen molar-refractivity contribution >= 4 is 11.9 Å². The van der Waals surface area contributed by atoms with Crippen molar-refractivity contribution in [2.24, 2.45) is 0 Å². The maximum atomic E-state index is 12.3. The number of aromatic carboxylic acids is 1. The minimum absolute atomic E-state index is 0.0911. The van der Waals surface area contributed by atoms with Crippen LogP contribution in [0.15, 0.2) is 12.3 Å². The van der Waals surface area contributed by atoms with Crippen molar-refractivity contribution in [3.05, 3.63) is 18.0 Å². The van der Waals surface area contributed by atoms with E-state index >= 15 is 0 Å². The first-order valence-corrected chi connectivity index (χ1v) is 7.42. The molecule has 0 saturated carbocycles. The van der Waals surface area contributed by atoms with Gasteiger partial charge >= 0.3 is 5.97 Å². The summed E-state index contributed by atoms with van der Waals surface area (Å²) in [6.45, 7) is 4.02. The molecule has 0 radical (unpaired) electrons. The standard InChI is InChI=1S/C14H20N4O3/c19-13(4-7-18-12(14(20)21)3-5-15-18)17-9-8-16-6-1-2-11(16)10-17/h3,5,11H,1-2,4,6-10H2,(H,20,21). The summed E-state index contributed by atoms with van der Waals surface area (Å²) >= 11 is 0. The molecule has 0 spiro atoms. The van der Waals surface area contributed by atoms with E-state index in [4.69, 9.17) is 5.11 Å². The van der Waals surface area contributed by atoms with Gasteiger partial charge in [-0.05, 0) is 25.5 Å². The van der Waals surface area contributed by atoms with Crippen LogP contribution in [0.1, 0.15) is 29.8 Å². The van der Waals surface area contributed by atoms with Gasteiger partial charge in [-0.1, -0.05) is 0 Å². The lowest BCUT2D eigenvalue weighted by Crippen LogP contribution is -2.52. The van der Waals surface area contributed by atoms with Crippen molar-refractivity contribution in [2.45, 2.75) is 31.8 Å². The Bertz CT molecular complexity index is 542. The highest BCUT2D eigenvalue weighted by atomic mass is 16.4. The number of carbonyl (C=O) groups excluding carboxylic acids is 1. The number of carboxylic acids is 1. The van der Waals surface area contributed by atoms with E-state index in [1.807, 2.05) is 4.90 Å². The summed E-state index contributed by atoms with van der Waals surface area (Å²) in [6, 6.07) is 1.96. The molecule has 2 aliphatic heterocycles. The third kappa shape index (κ3) is 2.92. The number of rotatable bonds is 4. The molecule has 3 heterocycles. The lowest BCUT2D eigenvalue weighted by Gasteiger charge is -2.37. The predicted octanol–water partition coefficient (Wildman–Crippen LogP) is 0.278. The zero-order valence-electron chi connectivity index (χ0n) is 11.9. The van der Waals surface area contributed by atoms with Gasteiger partial charge in [-0.3, -0.25) is 14.4 Å². The Morgan fingerprint density at radius 1 is 1.33 bits per heavy atom. The van der Waals surface area contributed by atoms with Gasteiger partial charge in [0.15, 0.2) is 0 Å². The second-order valence-electron chi connectivity index (χ2n) is 5.67. The Labute approximate surface area is 123 Å². The predicted molar refractivity (Wildman–Crippen MR) is 75.0 cm³/mol. The van der Waals surface area contributed by atoms with Crippen LogP contribution < -0.4 is 0 Å². The van der Waals surface area contributed by atoms with Crippen LogP contribution in [0.3, 0.4) is 0 Å². The summed E-state index contributed by atoms with van der Waals surface area (Å²) in [4.78, 5) is 27.6. The van der Waals surface area contributed by atoms with Gasteiger partial charge in [0.05, 0.1) is 6.54 Å². The Kier molecular flexibility index (Phi) is 3.92. The Morgan fingerprint density at radius 2 is 2.19 bits per heavy atom. The van der Waals surface area contributed by atoms with Gasteiger partial charge in [0.2, 0.25) is 5.91 Å². The molecule has 7 nitrogen and oxygen atoms in total. The first-order valence-electron chi connectivity index (χ1n) is 7.42. The summed E-state index contributed by atoms with van der Waals surface area (Å²) in [5.74, 6) is -0.923. The molecule has 3 rings (SSSR count). The fourth-order valence-corrected chi connectivity index (χ4v) is 3.27. The number of carboxylic acid groups (broad SMARTS) is 1. The van der Waals surface area contributed by atoms with Crippen LogP contribution in [0.5, 0.6) is 0 Å². The van der Waals surface area contributed by atoms with Gasteiger partial charge in [0.25, 0.3) is 0 Å². The van der Waals surface area contributed by atoms with E-state index in [1.165, 1.54) is 29.8 Å². The minimum Gasteiger partial charge on any atom is -0.477 e. The average molecular weight is 292 g/mol. The number of hydrogen-bond donors (Lipinski definition) is 1. The first-order chi connectivity index (χ1) is 10.1. The van der Waals surface area contributed by atoms with Crippen LogP contribution in [0, 0.1) is 0 Å². The molecule has 2 aliphatic rings. The molecule has 1 unspecified atom stereocenters. The molecule has 1 N–H and O–H groups in total. The number of aryl methyl sites for hydroxylation is 1. The van der Waals surface area contributed by atoms with Crippen LogP contribution in [0.25, 0.3) is 0 Å². The molecule has 1 amide bonds. The van der Waals surface area contributed by atoms with Crippen molar-refractivity contribution in [1.82, 2.24) is 19.6 Å². The molecule has 0 aromatic carbocycles. The van der Waals surface area contributed by atoms with E-state index in [2.05, 4.69) is 10.00 Å². The molecular weight excluding hydrogens is 272 g/mol. The van der Waals surface area contributed by atoms with Crippen LogP contribution in [0.4, 0.5) is 0 Å². The third-order valence-corrected chi connectivity index (χ3v) is 4.41. The van der Waals surface area contributed by atoms with E-state index in [-0.39, 0.29) is 11.6 Å². The van der Waals surface area contributed by atoms with Crippen LogP contribution in [0.2, 0.25) is 0 Å². The Balaban J connectivity index is 1.54. The zero-order valence-corrected chi connectivity index (χ0v) is 11.9. The highest BCUT2D eigenvalue weighted by Gasteiger charge is 2.32. The van der Waals surface area contributed by atoms with Gasteiger partial charge in [-0.2, -0.15) is 5.10 Å². The van der Waals surface area contributed by atoms with E-state index in [0.717, 1.165) is 26.2 Å². The SMILES string of the molecule is O=C(O)c1ccnn1CCC(=O)N1CCN2CCCC2C1. The number of piperazine rings is 1. The summed E-state index contributed by atoms with van der Waals surface area (Å²) in [6.07, 6.45) is 4.15. The highest BCUT2D eigenvalue weighted by Crippen LogP contribution is 2.21. The molecule has 2 fully saturated rings. The van der Waals surface area contributed by atoms with Crippen LogP contribution >= 0.6 is 0 Å². The quantitative estimate of drug-likeness (QED) is 0.862. The van der Waals surface area contributed by atoms with E-state index in [9.17, 15) is 9.59 Å². The molecule has 1 aromatic heterocycles. The number of hydrogen-bond acceptors (Lipinski definition) is 4. The first kappa shape index (κ1) is 14.1. The normalized spacial score (nSPS) is 22.3. The fraction of sp³-hybridized carbons (Fsp3) is 0.643. The summed E-state index contributed by atoms with van der Waals surface area (Å²) in [7, 11) is 0. The molecule has 1 aromatic rings. The molecule has 0 aliphatic carbocycles. The number of aromatic nitrogens is 2. The lowest BCUT2D eigenvalue weighted by molar-refractivity contribution is -0.134. The van der Waals surface area contributed by atoms with Crippen molar-refractivity contribution in [1.29, 1.82) is 0 Å². The van der Waals surface area contributed by atoms with Crippen molar-refractivity contribution in [3.63, 3.8) is 0 Å². The second kappa shape index (κ2) is 5.85. The summed E-state index contributed by atoms with van der Waals surface area (Å²) in [5.41, 5.74) is 0.128. The fourth-order valence-electron chi connectivity index (χ4n) is 3.27. The van der Waals surface area contributed by atoms with Crippen molar-refractivity contribution in [3.8, 4) is 0 Å². The lowest BCUT2D eigenvalue weighted by atomic mass is 10.1. The van der Waals surface area contributed by atoms with Gasteiger partial charge in [0, 0.05) is 38.3 Å². The van der Waals surface area contributed by atoms with E-state index in [0.29, 0.717) is 19.0 Å². The maximum absolute atomic E-state index is 12.3. The number of amides is 1. The Hall–Kier alpha value is -1.89. The van der Waals surface area contributed by atoms with E-state index in [1.54, 1.807) is 0 Å². The van der Waals surface area contributed by atoms with Crippen molar-refractivity contribution in [2.75, 3.05) is 26.2 Å². The molecule has 1 atom stereocenters. The second-order valence-corrected chi connectivity index (χ2v) is 5.67. The summed E-state index contributed by atoms with van der Waals surface area (Å²) < 4.78 is 1.38. The number of nitrogens with zero attached hydrogens (tertiary/aromatic N) is 4. The molecule has 0 bridgehead atoms. The highest BCUT2D eigenvalue weighted by molar-refractivity contribution is 5.85.